The van der Waals surface area contributed by atoms with Crippen molar-refractivity contribution in [3.05, 3.63) is 22.9 Å². The Balaban J connectivity index is 2.06. The quantitative estimate of drug-likeness (QED) is 0.909. The molecule has 0 spiro atoms. The summed E-state index contributed by atoms with van der Waals surface area (Å²) in [6, 6.07) is 4.03. The predicted octanol–water partition coefficient (Wildman–Crippen LogP) is 1.72. The Morgan fingerprint density at radius 2 is 2.30 bits per heavy atom. The molecule has 1 aliphatic heterocycles. The van der Waals surface area contributed by atoms with Crippen LogP contribution in [0.25, 0.3) is 0 Å². The van der Waals surface area contributed by atoms with E-state index in [0.29, 0.717) is 18.1 Å². The van der Waals surface area contributed by atoms with Crippen molar-refractivity contribution in [2.24, 2.45) is 0 Å². The Bertz CT molecular complexity index is 535. The summed E-state index contributed by atoms with van der Waals surface area (Å²) in [5.41, 5.74) is 2.04. The zero-order valence-electron chi connectivity index (χ0n) is 12.5. The van der Waals surface area contributed by atoms with Gasteiger partial charge in [-0.05, 0) is 39.3 Å². The molecule has 0 amide bonds. The maximum absolute atomic E-state index is 9.20. The first-order valence-electron chi connectivity index (χ1n) is 6.81. The Morgan fingerprint density at radius 3 is 2.95 bits per heavy atom. The van der Waals surface area contributed by atoms with Gasteiger partial charge in [0.05, 0.1) is 5.60 Å². The lowest BCUT2D eigenvalue weighted by Crippen LogP contribution is -2.52. The van der Waals surface area contributed by atoms with Gasteiger partial charge in [0.25, 0.3) is 0 Å². The van der Waals surface area contributed by atoms with Gasteiger partial charge in [-0.15, -0.1) is 0 Å². The Hall–Kier alpha value is -1.64. The largest absolute Gasteiger partial charge is 0.474 e. The number of ether oxygens (including phenoxy) is 2. The van der Waals surface area contributed by atoms with Gasteiger partial charge in [-0.2, -0.15) is 5.26 Å². The molecule has 0 bridgehead atoms. The third-order valence-corrected chi connectivity index (χ3v) is 3.24. The number of hydrogen-bond donors (Lipinski definition) is 1. The van der Waals surface area contributed by atoms with Crippen LogP contribution in [0, 0.1) is 25.2 Å². The number of nitrogens with zero attached hydrogens (tertiary/aromatic N) is 2. The number of pyridine rings is 1. The van der Waals surface area contributed by atoms with Crippen LogP contribution in [-0.4, -0.2) is 36.4 Å². The molecule has 2 heterocycles. The summed E-state index contributed by atoms with van der Waals surface area (Å²) >= 11 is 0. The fourth-order valence-corrected chi connectivity index (χ4v) is 2.38. The van der Waals surface area contributed by atoms with Gasteiger partial charge in [0.2, 0.25) is 5.88 Å². The van der Waals surface area contributed by atoms with Crippen molar-refractivity contribution in [1.29, 1.82) is 5.26 Å². The molecule has 0 radical (unpaired) electrons. The predicted molar refractivity (Wildman–Crippen MR) is 75.7 cm³/mol. The maximum Gasteiger partial charge on any atom is 0.232 e. The summed E-state index contributed by atoms with van der Waals surface area (Å²) in [5, 5.41) is 12.5. The van der Waals surface area contributed by atoms with E-state index in [0.717, 1.165) is 24.3 Å². The Kier molecular flexibility index (Phi) is 4.26. The molecular weight excluding hydrogens is 254 g/mol. The molecule has 1 saturated heterocycles. The highest BCUT2D eigenvalue weighted by Crippen LogP contribution is 2.21. The van der Waals surface area contributed by atoms with Crippen molar-refractivity contribution in [3.8, 4) is 11.9 Å². The van der Waals surface area contributed by atoms with Crippen molar-refractivity contribution in [2.45, 2.75) is 39.4 Å². The molecule has 1 aromatic rings. The summed E-state index contributed by atoms with van der Waals surface area (Å²) in [7, 11) is 0. The van der Waals surface area contributed by atoms with Crippen LogP contribution in [0.2, 0.25) is 0 Å². The third-order valence-electron chi connectivity index (χ3n) is 3.24. The number of nitriles is 1. The van der Waals surface area contributed by atoms with Crippen LogP contribution in [-0.2, 0) is 4.74 Å². The van der Waals surface area contributed by atoms with E-state index in [1.165, 1.54) is 0 Å². The number of nitrogens with one attached hydrogen (secondary N) is 1. The fraction of sp³-hybridized carbons (Fsp3) is 0.600. The number of rotatable bonds is 3. The zero-order valence-corrected chi connectivity index (χ0v) is 12.5. The molecule has 2 rings (SSSR count). The first-order valence-corrected chi connectivity index (χ1v) is 6.81. The summed E-state index contributed by atoms with van der Waals surface area (Å²) in [6.45, 7) is 9.83. The van der Waals surface area contributed by atoms with E-state index in [-0.39, 0.29) is 11.7 Å². The summed E-state index contributed by atoms with van der Waals surface area (Å²) < 4.78 is 11.7. The highest BCUT2D eigenvalue weighted by atomic mass is 16.6. The van der Waals surface area contributed by atoms with Crippen LogP contribution in [0.1, 0.15) is 30.7 Å². The number of morpholine rings is 1. The lowest BCUT2D eigenvalue weighted by molar-refractivity contribution is -0.107. The van der Waals surface area contributed by atoms with Gasteiger partial charge in [0.15, 0.2) is 0 Å². The Morgan fingerprint density at radius 1 is 1.55 bits per heavy atom. The minimum Gasteiger partial charge on any atom is -0.474 e. The van der Waals surface area contributed by atoms with Gasteiger partial charge in [0, 0.05) is 18.8 Å². The fourth-order valence-electron chi connectivity index (χ4n) is 2.38. The molecule has 0 saturated carbocycles. The van der Waals surface area contributed by atoms with E-state index in [4.69, 9.17) is 9.47 Å². The van der Waals surface area contributed by atoms with Gasteiger partial charge < -0.3 is 14.8 Å². The average Bonchev–Trinajstić information content (AvgIpc) is 2.34. The van der Waals surface area contributed by atoms with Gasteiger partial charge in [-0.25, -0.2) is 4.98 Å². The number of aromatic nitrogens is 1. The second-order valence-corrected chi connectivity index (χ2v) is 5.81. The topological polar surface area (TPSA) is 67.2 Å². The van der Waals surface area contributed by atoms with E-state index < -0.39 is 0 Å². The van der Waals surface area contributed by atoms with E-state index in [1.807, 2.05) is 33.8 Å². The molecule has 1 fully saturated rings. The van der Waals surface area contributed by atoms with Crippen molar-refractivity contribution in [2.75, 3.05) is 19.7 Å². The molecule has 20 heavy (non-hydrogen) atoms. The second-order valence-electron chi connectivity index (χ2n) is 5.81. The monoisotopic (exact) mass is 275 g/mol. The zero-order chi connectivity index (χ0) is 14.8. The van der Waals surface area contributed by atoms with Gasteiger partial charge >= 0.3 is 0 Å². The van der Waals surface area contributed by atoms with Crippen molar-refractivity contribution in [1.82, 2.24) is 10.3 Å². The second kappa shape index (κ2) is 5.78. The molecule has 5 nitrogen and oxygen atoms in total. The van der Waals surface area contributed by atoms with E-state index in [2.05, 4.69) is 16.4 Å². The number of aryl methyl sites for hydroxylation is 2. The highest BCUT2D eigenvalue weighted by Gasteiger charge is 2.28. The summed E-state index contributed by atoms with van der Waals surface area (Å²) in [4.78, 5) is 4.30. The normalized spacial score (nSPS) is 21.2. The van der Waals surface area contributed by atoms with Gasteiger partial charge in [-0.3, -0.25) is 0 Å². The first-order chi connectivity index (χ1) is 9.41. The van der Waals surface area contributed by atoms with Crippen LogP contribution in [0.5, 0.6) is 5.88 Å². The lowest BCUT2D eigenvalue weighted by Gasteiger charge is -2.36. The molecule has 0 aromatic carbocycles. The van der Waals surface area contributed by atoms with Crippen LogP contribution >= 0.6 is 0 Å². The average molecular weight is 275 g/mol. The van der Waals surface area contributed by atoms with Crippen LogP contribution in [0.15, 0.2) is 6.07 Å². The molecule has 1 unspecified atom stereocenters. The molecule has 1 aliphatic rings. The SMILES string of the molecule is Cc1cc(C)c(C#N)c(OCC2CNCC(C)(C)O2)n1. The van der Waals surface area contributed by atoms with Crippen molar-refractivity contribution < 1.29 is 9.47 Å². The molecule has 5 heteroatoms. The molecule has 0 aliphatic carbocycles. The van der Waals surface area contributed by atoms with Crippen LogP contribution in [0.4, 0.5) is 0 Å². The standard InChI is InChI=1S/C15H21N3O2/c1-10-5-11(2)18-14(13(10)6-16)19-8-12-7-17-9-15(3,4)20-12/h5,12,17H,7-9H2,1-4H3. The maximum atomic E-state index is 9.20. The Labute approximate surface area is 119 Å². The summed E-state index contributed by atoms with van der Waals surface area (Å²) in [6.07, 6.45) is -0.0343. The summed E-state index contributed by atoms with van der Waals surface area (Å²) in [5.74, 6) is 0.400. The first kappa shape index (κ1) is 14.8. The van der Waals surface area contributed by atoms with Crippen molar-refractivity contribution in [3.63, 3.8) is 0 Å². The van der Waals surface area contributed by atoms with E-state index in [1.54, 1.807) is 0 Å². The highest BCUT2D eigenvalue weighted by molar-refractivity contribution is 5.45. The van der Waals surface area contributed by atoms with Gasteiger partial charge in [0.1, 0.15) is 24.3 Å². The lowest BCUT2D eigenvalue weighted by atomic mass is 10.1. The van der Waals surface area contributed by atoms with Gasteiger partial charge in [-0.1, -0.05) is 0 Å². The number of hydrogen-bond acceptors (Lipinski definition) is 5. The van der Waals surface area contributed by atoms with Crippen LogP contribution < -0.4 is 10.1 Å². The molecule has 108 valence electrons. The smallest absolute Gasteiger partial charge is 0.232 e. The van der Waals surface area contributed by atoms with E-state index in [9.17, 15) is 5.26 Å². The minimum atomic E-state index is -0.194. The van der Waals surface area contributed by atoms with Crippen LogP contribution in [0.3, 0.4) is 0 Å². The van der Waals surface area contributed by atoms with E-state index >= 15 is 0 Å². The molecule has 1 N–H and O–H groups in total. The van der Waals surface area contributed by atoms with Crippen molar-refractivity contribution >= 4 is 0 Å². The molecular formula is C15H21N3O2. The molecule has 1 aromatic heterocycles. The third kappa shape index (κ3) is 3.47. The molecule has 1 atom stereocenters. The minimum absolute atomic E-state index is 0.0343.